The largest absolute Gasteiger partial charge is 0.394 e. The quantitative estimate of drug-likeness (QED) is 0.779. The molecule has 1 rings (SSSR count). The minimum Gasteiger partial charge on any atom is -0.394 e. The molecule has 2 unspecified atom stereocenters. The smallest absolute Gasteiger partial charge is 0.175 e. The highest BCUT2D eigenvalue weighted by molar-refractivity contribution is 8.00. The van der Waals surface area contributed by atoms with Crippen molar-refractivity contribution in [2.75, 3.05) is 12.4 Å². The summed E-state index contributed by atoms with van der Waals surface area (Å²) in [4.78, 5) is 12.0. The summed E-state index contributed by atoms with van der Waals surface area (Å²) in [5.74, 6) is 0.312. The number of hydrogen-bond acceptors (Lipinski definition) is 4. The number of benzene rings is 1. The van der Waals surface area contributed by atoms with Crippen LogP contribution in [0.25, 0.3) is 0 Å². The molecular formula is C12H15ClO3S. The summed E-state index contributed by atoms with van der Waals surface area (Å²) in [5.41, 5.74) is 0.566. The maximum absolute atomic E-state index is 12.0. The molecule has 0 spiro atoms. The van der Waals surface area contributed by atoms with Crippen molar-refractivity contribution < 1.29 is 15.0 Å². The molecule has 0 saturated heterocycles. The van der Waals surface area contributed by atoms with Gasteiger partial charge in [0.2, 0.25) is 0 Å². The lowest BCUT2D eigenvalue weighted by molar-refractivity contribution is 0.0992. The van der Waals surface area contributed by atoms with Gasteiger partial charge in [-0.3, -0.25) is 4.79 Å². The van der Waals surface area contributed by atoms with Gasteiger partial charge < -0.3 is 10.2 Å². The first-order valence-corrected chi connectivity index (χ1v) is 6.67. The third kappa shape index (κ3) is 4.68. The molecule has 1 aromatic carbocycles. The van der Waals surface area contributed by atoms with E-state index in [4.69, 9.17) is 16.7 Å². The fraction of sp³-hybridized carbons (Fsp3) is 0.417. The topological polar surface area (TPSA) is 57.5 Å². The fourth-order valence-corrected chi connectivity index (χ4v) is 2.35. The van der Waals surface area contributed by atoms with Crippen LogP contribution in [0.4, 0.5) is 0 Å². The number of carbonyl (C=O) groups is 1. The van der Waals surface area contributed by atoms with Gasteiger partial charge in [-0.2, -0.15) is 0 Å². The molecule has 0 bridgehead atoms. The maximum Gasteiger partial charge on any atom is 0.175 e. The van der Waals surface area contributed by atoms with E-state index in [1.807, 2.05) is 0 Å². The van der Waals surface area contributed by atoms with E-state index in [0.717, 1.165) is 0 Å². The van der Waals surface area contributed by atoms with Gasteiger partial charge in [0, 0.05) is 16.3 Å². The molecule has 0 aliphatic rings. The Bertz CT molecular complexity index is 384. The van der Waals surface area contributed by atoms with Crippen molar-refractivity contribution in [1.29, 1.82) is 0 Å². The van der Waals surface area contributed by atoms with Crippen molar-refractivity contribution in [2.45, 2.75) is 18.3 Å². The van der Waals surface area contributed by atoms with Crippen LogP contribution >= 0.6 is 23.4 Å². The standard InChI is InChI=1S/C12H15ClO3S/c1-8(17-7-11(15)6-14)12(16)9-3-2-4-10(13)5-9/h2-5,8,11,14-15H,6-7H2,1H3. The number of aliphatic hydroxyl groups is 2. The number of hydrogen-bond donors (Lipinski definition) is 2. The van der Waals surface area contributed by atoms with E-state index in [2.05, 4.69) is 0 Å². The molecule has 1 aromatic rings. The van der Waals surface area contributed by atoms with Crippen molar-refractivity contribution in [2.24, 2.45) is 0 Å². The summed E-state index contributed by atoms with van der Waals surface area (Å²) in [5, 5.41) is 18.1. The van der Waals surface area contributed by atoms with Gasteiger partial charge in [-0.15, -0.1) is 11.8 Å². The second-order valence-electron chi connectivity index (χ2n) is 3.69. The molecule has 2 N–H and O–H groups in total. The monoisotopic (exact) mass is 274 g/mol. The van der Waals surface area contributed by atoms with Gasteiger partial charge in [0.15, 0.2) is 5.78 Å². The van der Waals surface area contributed by atoms with Crippen LogP contribution in [0.2, 0.25) is 5.02 Å². The zero-order valence-electron chi connectivity index (χ0n) is 9.47. The van der Waals surface area contributed by atoms with Crippen LogP contribution in [0.15, 0.2) is 24.3 Å². The van der Waals surface area contributed by atoms with Gasteiger partial charge in [0.05, 0.1) is 18.0 Å². The fourth-order valence-electron chi connectivity index (χ4n) is 1.26. The number of rotatable bonds is 6. The predicted octanol–water partition coefficient (Wildman–Crippen LogP) is 2.00. The highest BCUT2D eigenvalue weighted by atomic mass is 35.5. The molecule has 0 saturated carbocycles. The highest BCUT2D eigenvalue weighted by Gasteiger charge is 2.17. The molecule has 0 radical (unpaired) electrons. The van der Waals surface area contributed by atoms with Crippen molar-refractivity contribution in [3.05, 3.63) is 34.9 Å². The van der Waals surface area contributed by atoms with Crippen molar-refractivity contribution in [3.8, 4) is 0 Å². The van der Waals surface area contributed by atoms with Crippen molar-refractivity contribution in [3.63, 3.8) is 0 Å². The summed E-state index contributed by atoms with van der Waals surface area (Å²) in [6, 6.07) is 6.79. The Balaban J connectivity index is 2.58. The zero-order chi connectivity index (χ0) is 12.8. The molecule has 0 amide bonds. The van der Waals surface area contributed by atoms with Crippen LogP contribution in [-0.2, 0) is 0 Å². The van der Waals surface area contributed by atoms with Crippen molar-refractivity contribution >= 4 is 29.1 Å². The van der Waals surface area contributed by atoms with Crippen LogP contribution in [0, 0.1) is 0 Å². The average molecular weight is 275 g/mol. The number of Topliss-reactive ketones (excluding diaryl/α,β-unsaturated/α-hetero) is 1. The Morgan fingerprint density at radius 3 is 2.82 bits per heavy atom. The lowest BCUT2D eigenvalue weighted by Gasteiger charge is -2.12. The van der Waals surface area contributed by atoms with E-state index < -0.39 is 6.10 Å². The Morgan fingerprint density at radius 2 is 2.24 bits per heavy atom. The zero-order valence-corrected chi connectivity index (χ0v) is 11.0. The van der Waals surface area contributed by atoms with E-state index in [1.54, 1.807) is 31.2 Å². The summed E-state index contributed by atoms with van der Waals surface area (Å²) in [7, 11) is 0. The molecule has 2 atom stereocenters. The third-order valence-electron chi connectivity index (χ3n) is 2.23. The normalized spacial score (nSPS) is 14.4. The van der Waals surface area contributed by atoms with E-state index >= 15 is 0 Å². The minimum atomic E-state index is -0.783. The van der Waals surface area contributed by atoms with Crippen molar-refractivity contribution in [1.82, 2.24) is 0 Å². The van der Waals surface area contributed by atoms with E-state index in [1.165, 1.54) is 11.8 Å². The molecular weight excluding hydrogens is 260 g/mol. The molecule has 94 valence electrons. The van der Waals surface area contributed by atoms with Gasteiger partial charge >= 0.3 is 0 Å². The lowest BCUT2D eigenvalue weighted by atomic mass is 10.1. The van der Waals surface area contributed by atoms with Crippen LogP contribution in [0.5, 0.6) is 0 Å². The number of thioether (sulfide) groups is 1. The number of aliphatic hydroxyl groups excluding tert-OH is 2. The molecule has 5 heteroatoms. The Hall–Kier alpha value is -0.550. The molecule has 3 nitrogen and oxygen atoms in total. The Labute approximate surface area is 110 Å². The number of carbonyl (C=O) groups excluding carboxylic acids is 1. The van der Waals surface area contributed by atoms with Crippen LogP contribution in [-0.4, -0.2) is 39.7 Å². The van der Waals surface area contributed by atoms with Gasteiger partial charge in [0.25, 0.3) is 0 Å². The summed E-state index contributed by atoms with van der Waals surface area (Å²) in [6.07, 6.45) is -0.783. The van der Waals surface area contributed by atoms with Crippen LogP contribution in [0.3, 0.4) is 0 Å². The average Bonchev–Trinajstić information content (AvgIpc) is 2.34. The molecule has 17 heavy (non-hydrogen) atoms. The van der Waals surface area contributed by atoms with E-state index in [9.17, 15) is 9.90 Å². The summed E-state index contributed by atoms with van der Waals surface area (Å²) >= 11 is 7.13. The minimum absolute atomic E-state index is 0.0253. The van der Waals surface area contributed by atoms with E-state index in [-0.39, 0.29) is 17.6 Å². The first-order chi connectivity index (χ1) is 8.04. The second kappa shape index (κ2) is 7.01. The SMILES string of the molecule is CC(SCC(O)CO)C(=O)c1cccc(Cl)c1. The first kappa shape index (κ1) is 14.5. The first-order valence-electron chi connectivity index (χ1n) is 5.25. The summed E-state index contributed by atoms with van der Waals surface area (Å²) in [6.45, 7) is 1.49. The second-order valence-corrected chi connectivity index (χ2v) is 5.50. The lowest BCUT2D eigenvalue weighted by Crippen LogP contribution is -2.20. The maximum atomic E-state index is 12.0. The predicted molar refractivity (Wildman–Crippen MR) is 70.8 cm³/mol. The number of ketones is 1. The molecule has 0 heterocycles. The molecule has 0 aromatic heterocycles. The van der Waals surface area contributed by atoms with Gasteiger partial charge in [0.1, 0.15) is 0 Å². The van der Waals surface area contributed by atoms with Gasteiger partial charge in [-0.1, -0.05) is 23.7 Å². The van der Waals surface area contributed by atoms with Crippen LogP contribution < -0.4 is 0 Å². The summed E-state index contributed by atoms with van der Waals surface area (Å²) < 4.78 is 0. The Morgan fingerprint density at radius 1 is 1.53 bits per heavy atom. The van der Waals surface area contributed by atoms with Gasteiger partial charge in [-0.25, -0.2) is 0 Å². The molecule has 0 aliphatic carbocycles. The molecule has 0 fully saturated rings. The Kier molecular flexibility index (Phi) is 5.98. The van der Waals surface area contributed by atoms with E-state index in [0.29, 0.717) is 16.3 Å². The van der Waals surface area contributed by atoms with Gasteiger partial charge in [-0.05, 0) is 19.1 Å². The highest BCUT2D eigenvalue weighted by Crippen LogP contribution is 2.19. The molecule has 0 aliphatic heterocycles. The van der Waals surface area contributed by atoms with Crippen LogP contribution in [0.1, 0.15) is 17.3 Å². The number of halogens is 1. The third-order valence-corrected chi connectivity index (χ3v) is 3.75.